The van der Waals surface area contributed by atoms with Gasteiger partial charge in [-0.2, -0.15) is 0 Å². The van der Waals surface area contributed by atoms with Gasteiger partial charge in [-0.05, 0) is 128 Å². The second-order valence-corrected chi connectivity index (χ2v) is 19.1. The van der Waals surface area contributed by atoms with Gasteiger partial charge in [0.2, 0.25) is 0 Å². The predicted octanol–water partition coefficient (Wildman–Crippen LogP) is 15.7. The molecule has 1 aliphatic rings. The summed E-state index contributed by atoms with van der Waals surface area (Å²) in [6.07, 6.45) is 70.3. The Bertz CT molecular complexity index is 2110. The molecule has 6 atom stereocenters. The van der Waals surface area contributed by atoms with Crippen LogP contribution in [0.4, 0.5) is 0 Å². The number of carboxylic acids is 1. The van der Waals surface area contributed by atoms with E-state index in [9.17, 15) is 34.5 Å². The summed E-state index contributed by atoms with van der Waals surface area (Å²) < 4.78 is 28.2. The Hall–Kier alpha value is -6.18. The molecule has 1 saturated heterocycles. The summed E-state index contributed by atoms with van der Waals surface area (Å²) in [6, 6.07) is 0. The first-order chi connectivity index (χ1) is 39.6. The van der Waals surface area contributed by atoms with Gasteiger partial charge in [0.1, 0.15) is 18.8 Å². The summed E-state index contributed by atoms with van der Waals surface area (Å²) in [7, 11) is 0. The molecule has 0 aromatic rings. The van der Waals surface area contributed by atoms with E-state index in [1.165, 1.54) is 0 Å². The van der Waals surface area contributed by atoms with Crippen LogP contribution in [0.3, 0.4) is 0 Å². The number of aliphatic hydroxyl groups is 2. The first-order valence-electron chi connectivity index (χ1n) is 29.8. The fourth-order valence-corrected chi connectivity index (χ4v) is 7.55. The molecule has 0 spiro atoms. The van der Waals surface area contributed by atoms with Crippen molar-refractivity contribution in [2.45, 2.75) is 212 Å². The maximum atomic E-state index is 13.1. The van der Waals surface area contributed by atoms with E-state index >= 15 is 0 Å². The molecule has 6 unspecified atom stereocenters. The zero-order valence-electron chi connectivity index (χ0n) is 49.2. The number of allylic oxidation sites excluding steroid dienone is 30. The number of esters is 3. The van der Waals surface area contributed by atoms with Crippen LogP contribution in [0, 0.1) is 0 Å². The average molecular weight is 1120 g/mol. The van der Waals surface area contributed by atoms with E-state index in [2.05, 4.69) is 173 Å². The van der Waals surface area contributed by atoms with Gasteiger partial charge in [-0.25, -0.2) is 4.79 Å². The number of ether oxygens (including phenoxy) is 5. The number of carboxylic acid groups (broad SMARTS) is 1. The SMILES string of the molecule is CC/C=C\C/C=C\C/C=C\C/C=C\C/C=C\C/C=C\CCC(=O)OCC(COC1OC(C(=O)O)C(O)C(O)C1OC(=O)CCCCC/C=C\C/C=C\C/C=C\CC)OC(=O)CC/C=C\C/C=C\C/C=C\C/C=C\C/C=C\C/C=C\CC. The van der Waals surface area contributed by atoms with Crippen LogP contribution in [0.1, 0.15) is 175 Å². The zero-order valence-corrected chi connectivity index (χ0v) is 49.2. The van der Waals surface area contributed by atoms with Gasteiger partial charge < -0.3 is 39.0 Å². The highest BCUT2D eigenvalue weighted by Crippen LogP contribution is 2.26. The molecule has 0 radical (unpaired) electrons. The van der Waals surface area contributed by atoms with Crippen LogP contribution in [-0.2, 0) is 42.9 Å². The smallest absolute Gasteiger partial charge is 0.335 e. The summed E-state index contributed by atoms with van der Waals surface area (Å²) >= 11 is 0. The van der Waals surface area contributed by atoms with E-state index in [0.29, 0.717) is 32.1 Å². The topological polar surface area (TPSA) is 175 Å². The lowest BCUT2D eigenvalue weighted by atomic mass is 9.98. The van der Waals surface area contributed by atoms with Crippen LogP contribution < -0.4 is 0 Å². The van der Waals surface area contributed by atoms with Crippen LogP contribution in [-0.4, -0.2) is 89.2 Å². The molecule has 0 aromatic heterocycles. The summed E-state index contributed by atoms with van der Waals surface area (Å²) in [6.45, 7) is 5.48. The number of aliphatic hydroxyl groups excluding tert-OH is 2. The molecule has 12 nitrogen and oxygen atoms in total. The van der Waals surface area contributed by atoms with Gasteiger partial charge in [0.05, 0.1) is 6.61 Å². The Morgan fingerprint density at radius 1 is 0.407 bits per heavy atom. The second kappa shape index (κ2) is 54.4. The van der Waals surface area contributed by atoms with Crippen LogP contribution in [0.2, 0.25) is 0 Å². The lowest BCUT2D eigenvalue weighted by molar-refractivity contribution is -0.301. The van der Waals surface area contributed by atoms with Crippen LogP contribution >= 0.6 is 0 Å². The maximum absolute atomic E-state index is 13.1. The maximum Gasteiger partial charge on any atom is 0.335 e. The third kappa shape index (κ3) is 44.2. The first kappa shape index (κ1) is 72.8. The van der Waals surface area contributed by atoms with Gasteiger partial charge in [0.15, 0.2) is 24.6 Å². The highest BCUT2D eigenvalue weighted by atomic mass is 16.7. The highest BCUT2D eigenvalue weighted by molar-refractivity contribution is 5.74. The Morgan fingerprint density at radius 3 is 1.15 bits per heavy atom. The molecule has 0 aromatic carbocycles. The fourth-order valence-electron chi connectivity index (χ4n) is 7.55. The molecule has 1 fully saturated rings. The van der Waals surface area contributed by atoms with E-state index < -0.39 is 73.9 Å². The van der Waals surface area contributed by atoms with Crippen LogP contribution in [0.15, 0.2) is 182 Å². The molecule has 1 aliphatic heterocycles. The molecule has 3 N–H and O–H groups in total. The standard InChI is InChI=1S/C69H100O12/c1-4-7-10-13-16-19-22-25-27-29-31-33-35-38-40-43-46-49-52-55-61(70)77-58-60(79-62(71)56-53-50-47-44-42-39-36-34-32-30-28-26-23-20-17-14-11-8-5-2)59-78-69-67(65(74)64(73)66(81-69)68(75)76)80-63(72)57-54-51-48-45-41-37-24-21-18-15-12-9-6-3/h7-12,16-21,25-28,31-34,37-42,46-47,49-50,60,64-67,69,73-74H,4-6,13-15,22-24,29-30,35-36,43-45,48,51-59H2,1-3H3,(H,75,76)/b10-7-,11-8-,12-9-,19-16-,20-17-,21-18-,27-25-,28-26-,33-31-,34-32-,40-38-,41-37-,42-39-,49-46-,50-47-. The molecule has 0 saturated carbocycles. The molecule has 0 aliphatic carbocycles. The Balaban J connectivity index is 2.82. The average Bonchev–Trinajstić information content (AvgIpc) is 3.46. The third-order valence-corrected chi connectivity index (χ3v) is 12.0. The Morgan fingerprint density at radius 2 is 0.765 bits per heavy atom. The number of aliphatic carboxylic acids is 1. The van der Waals surface area contributed by atoms with Crippen molar-refractivity contribution in [2.24, 2.45) is 0 Å². The zero-order chi connectivity index (χ0) is 58.9. The van der Waals surface area contributed by atoms with Gasteiger partial charge in [-0.1, -0.05) is 209 Å². The van der Waals surface area contributed by atoms with Crippen molar-refractivity contribution in [1.82, 2.24) is 0 Å². The van der Waals surface area contributed by atoms with E-state index in [0.717, 1.165) is 103 Å². The molecule has 12 heteroatoms. The van der Waals surface area contributed by atoms with Gasteiger partial charge in [0, 0.05) is 19.3 Å². The van der Waals surface area contributed by atoms with Crippen molar-refractivity contribution < 1.29 is 58.2 Å². The summed E-state index contributed by atoms with van der Waals surface area (Å²) in [5.74, 6) is -3.43. The second-order valence-electron chi connectivity index (χ2n) is 19.1. The molecule has 1 rings (SSSR count). The van der Waals surface area contributed by atoms with Crippen molar-refractivity contribution in [3.63, 3.8) is 0 Å². The Kier molecular flexibility index (Phi) is 48.9. The molecule has 448 valence electrons. The van der Waals surface area contributed by atoms with Crippen molar-refractivity contribution in [3.8, 4) is 0 Å². The van der Waals surface area contributed by atoms with E-state index in [1.807, 2.05) is 30.4 Å². The largest absolute Gasteiger partial charge is 0.479 e. The Labute approximate surface area is 487 Å². The molecular weight excluding hydrogens is 1020 g/mol. The van der Waals surface area contributed by atoms with Gasteiger partial charge in [-0.3, -0.25) is 14.4 Å². The highest BCUT2D eigenvalue weighted by Gasteiger charge is 2.50. The van der Waals surface area contributed by atoms with Crippen molar-refractivity contribution in [2.75, 3.05) is 13.2 Å². The number of hydrogen-bond acceptors (Lipinski definition) is 11. The monoisotopic (exact) mass is 1120 g/mol. The van der Waals surface area contributed by atoms with E-state index in [1.54, 1.807) is 0 Å². The quantitative estimate of drug-likeness (QED) is 0.0228. The molecule has 0 bridgehead atoms. The number of carbonyl (C=O) groups is 4. The minimum Gasteiger partial charge on any atom is -0.479 e. The fraction of sp³-hybridized carbons (Fsp3) is 0.507. The number of rotatable bonds is 47. The molecular formula is C69H100O12. The summed E-state index contributed by atoms with van der Waals surface area (Å²) in [5, 5.41) is 31.5. The van der Waals surface area contributed by atoms with Crippen molar-refractivity contribution in [3.05, 3.63) is 182 Å². The van der Waals surface area contributed by atoms with Gasteiger partial charge in [0.25, 0.3) is 0 Å². The van der Waals surface area contributed by atoms with Crippen LogP contribution in [0.25, 0.3) is 0 Å². The minimum absolute atomic E-state index is 0.00233. The number of unbranched alkanes of at least 4 members (excludes halogenated alkanes) is 3. The van der Waals surface area contributed by atoms with Gasteiger partial charge in [-0.15, -0.1) is 0 Å². The third-order valence-electron chi connectivity index (χ3n) is 12.0. The lowest BCUT2D eigenvalue weighted by Crippen LogP contribution is -2.61. The summed E-state index contributed by atoms with van der Waals surface area (Å²) in [5.41, 5.74) is 0. The van der Waals surface area contributed by atoms with E-state index in [-0.39, 0.29) is 19.3 Å². The van der Waals surface area contributed by atoms with E-state index in [4.69, 9.17) is 23.7 Å². The summed E-state index contributed by atoms with van der Waals surface area (Å²) in [4.78, 5) is 51.1. The van der Waals surface area contributed by atoms with Gasteiger partial charge >= 0.3 is 23.9 Å². The van der Waals surface area contributed by atoms with Crippen molar-refractivity contribution >= 4 is 23.9 Å². The molecule has 1 heterocycles. The number of carbonyl (C=O) groups excluding carboxylic acids is 3. The normalized spacial score (nSPS) is 19.0. The molecule has 81 heavy (non-hydrogen) atoms. The van der Waals surface area contributed by atoms with Crippen LogP contribution in [0.5, 0.6) is 0 Å². The minimum atomic E-state index is -1.95. The van der Waals surface area contributed by atoms with Crippen molar-refractivity contribution in [1.29, 1.82) is 0 Å². The predicted molar refractivity (Wildman–Crippen MR) is 330 cm³/mol. The first-order valence-corrected chi connectivity index (χ1v) is 29.8. The molecule has 0 amide bonds. The lowest BCUT2D eigenvalue weighted by Gasteiger charge is -2.40. The number of hydrogen-bond donors (Lipinski definition) is 3.